The lowest BCUT2D eigenvalue weighted by atomic mass is 10.2. The molecule has 3 aromatic rings. The Labute approximate surface area is 149 Å². The Balaban J connectivity index is 1.77. The average Bonchev–Trinajstić information content (AvgIpc) is 2.62. The summed E-state index contributed by atoms with van der Waals surface area (Å²) in [4.78, 5) is 24.3. The molecule has 5 nitrogen and oxygen atoms in total. The summed E-state index contributed by atoms with van der Waals surface area (Å²) >= 11 is 6.02. The fraction of sp³-hybridized carbons (Fsp3) is 0.158. The van der Waals surface area contributed by atoms with Crippen LogP contribution in [0.3, 0.4) is 0 Å². The first kappa shape index (κ1) is 17.0. The second kappa shape index (κ2) is 7.40. The number of benzene rings is 2. The Morgan fingerprint density at radius 3 is 2.80 bits per heavy atom. The second-order valence-corrected chi connectivity index (χ2v) is 5.99. The van der Waals surface area contributed by atoms with Crippen LogP contribution in [0.1, 0.15) is 5.56 Å². The normalized spacial score (nSPS) is 10.6. The molecule has 3 rings (SSSR count). The summed E-state index contributed by atoms with van der Waals surface area (Å²) in [6, 6.07) is 14.0. The summed E-state index contributed by atoms with van der Waals surface area (Å²) in [5, 5.41) is 3.91. The van der Waals surface area contributed by atoms with E-state index in [1.54, 1.807) is 36.1 Å². The van der Waals surface area contributed by atoms with Gasteiger partial charge in [0.1, 0.15) is 12.3 Å². The van der Waals surface area contributed by atoms with Crippen molar-refractivity contribution in [2.45, 2.75) is 13.1 Å². The Kier molecular flexibility index (Phi) is 5.05. The number of para-hydroxylation sites is 1. The summed E-state index contributed by atoms with van der Waals surface area (Å²) in [5.41, 5.74) is 1.43. The van der Waals surface area contributed by atoms with Gasteiger partial charge in [0.15, 0.2) is 5.43 Å². The molecule has 0 saturated heterocycles. The maximum atomic E-state index is 12.3. The number of carbonyl (C=O) groups excluding carboxylic acids is 1. The number of nitrogens with one attached hydrogen (secondary N) is 1. The van der Waals surface area contributed by atoms with Crippen LogP contribution < -0.4 is 15.5 Å². The van der Waals surface area contributed by atoms with Crippen LogP contribution >= 0.6 is 11.6 Å². The second-order valence-electron chi connectivity index (χ2n) is 5.56. The largest absolute Gasteiger partial charge is 0.496 e. The molecule has 1 aromatic heterocycles. The number of rotatable bonds is 5. The van der Waals surface area contributed by atoms with Crippen LogP contribution in [0.4, 0.5) is 0 Å². The quantitative estimate of drug-likeness (QED) is 0.764. The lowest BCUT2D eigenvalue weighted by molar-refractivity contribution is -0.121. The van der Waals surface area contributed by atoms with Crippen molar-refractivity contribution in [2.24, 2.45) is 0 Å². The molecule has 0 spiro atoms. The van der Waals surface area contributed by atoms with Gasteiger partial charge in [-0.15, -0.1) is 0 Å². The Morgan fingerprint density at radius 1 is 1.20 bits per heavy atom. The average molecular weight is 357 g/mol. The van der Waals surface area contributed by atoms with E-state index in [0.717, 1.165) is 11.3 Å². The molecule has 25 heavy (non-hydrogen) atoms. The first-order valence-electron chi connectivity index (χ1n) is 7.76. The van der Waals surface area contributed by atoms with Gasteiger partial charge in [0.25, 0.3) is 0 Å². The molecule has 128 valence electrons. The van der Waals surface area contributed by atoms with Crippen LogP contribution in [0.2, 0.25) is 5.02 Å². The predicted molar refractivity (Wildman–Crippen MR) is 98.1 cm³/mol. The van der Waals surface area contributed by atoms with Gasteiger partial charge in [0.05, 0.1) is 12.6 Å². The summed E-state index contributed by atoms with van der Waals surface area (Å²) in [7, 11) is 1.59. The van der Waals surface area contributed by atoms with Gasteiger partial charge in [-0.05, 0) is 24.3 Å². The maximum Gasteiger partial charge on any atom is 0.240 e. The topological polar surface area (TPSA) is 60.3 Å². The fourth-order valence-corrected chi connectivity index (χ4v) is 2.84. The zero-order valence-corrected chi connectivity index (χ0v) is 14.4. The SMILES string of the molecule is COc1ccccc1CNC(=O)Cn1ccc(=O)c2ccc(Cl)cc21. The number of pyridine rings is 1. The molecule has 0 fully saturated rings. The molecule has 0 saturated carbocycles. The highest BCUT2D eigenvalue weighted by molar-refractivity contribution is 6.31. The predicted octanol–water partition coefficient (Wildman–Crippen LogP) is 2.98. The van der Waals surface area contributed by atoms with Crippen LogP contribution in [0.15, 0.2) is 59.5 Å². The molecule has 6 heteroatoms. The third kappa shape index (κ3) is 3.83. The molecule has 0 radical (unpaired) electrons. The molecule has 0 aliphatic carbocycles. The number of hydrogen-bond acceptors (Lipinski definition) is 3. The van der Waals surface area contributed by atoms with E-state index in [-0.39, 0.29) is 17.9 Å². The summed E-state index contributed by atoms with van der Waals surface area (Å²) < 4.78 is 6.98. The lowest BCUT2D eigenvalue weighted by Gasteiger charge is -2.12. The number of nitrogens with zero attached hydrogens (tertiary/aromatic N) is 1. The molecule has 0 bridgehead atoms. The molecule has 0 unspecified atom stereocenters. The molecule has 2 aromatic carbocycles. The molecular weight excluding hydrogens is 340 g/mol. The number of methoxy groups -OCH3 is 1. The van der Waals surface area contributed by atoms with E-state index < -0.39 is 0 Å². The lowest BCUT2D eigenvalue weighted by Crippen LogP contribution is -2.27. The minimum atomic E-state index is -0.171. The minimum Gasteiger partial charge on any atom is -0.496 e. The summed E-state index contributed by atoms with van der Waals surface area (Å²) in [6.07, 6.45) is 1.60. The highest BCUT2D eigenvalue weighted by Crippen LogP contribution is 2.18. The van der Waals surface area contributed by atoms with E-state index in [1.165, 1.54) is 6.07 Å². The van der Waals surface area contributed by atoms with Crippen molar-refractivity contribution < 1.29 is 9.53 Å². The van der Waals surface area contributed by atoms with Gasteiger partial charge in [-0.25, -0.2) is 0 Å². The van der Waals surface area contributed by atoms with Gasteiger partial charge < -0.3 is 14.6 Å². The summed E-state index contributed by atoms with van der Waals surface area (Å²) in [6.45, 7) is 0.452. The van der Waals surface area contributed by atoms with Crippen molar-refractivity contribution in [2.75, 3.05) is 7.11 Å². The first-order chi connectivity index (χ1) is 12.1. The van der Waals surface area contributed by atoms with Crippen LogP contribution in [-0.4, -0.2) is 17.6 Å². The third-order valence-corrected chi connectivity index (χ3v) is 4.16. The molecule has 0 aliphatic rings. The number of aromatic nitrogens is 1. The Hall–Kier alpha value is -2.79. The number of halogens is 1. The van der Waals surface area contributed by atoms with Gasteiger partial charge >= 0.3 is 0 Å². The van der Waals surface area contributed by atoms with Gasteiger partial charge in [-0.1, -0.05) is 29.8 Å². The number of fused-ring (bicyclic) bond motifs is 1. The number of carbonyl (C=O) groups is 1. The highest BCUT2D eigenvalue weighted by atomic mass is 35.5. The van der Waals surface area contributed by atoms with Crippen molar-refractivity contribution >= 4 is 28.4 Å². The van der Waals surface area contributed by atoms with Gasteiger partial charge in [-0.3, -0.25) is 9.59 Å². The zero-order chi connectivity index (χ0) is 17.8. The molecule has 1 N–H and O–H groups in total. The van der Waals surface area contributed by atoms with E-state index >= 15 is 0 Å². The van der Waals surface area contributed by atoms with E-state index in [4.69, 9.17) is 16.3 Å². The zero-order valence-electron chi connectivity index (χ0n) is 13.7. The Morgan fingerprint density at radius 2 is 2.00 bits per heavy atom. The van der Waals surface area contributed by atoms with E-state index in [0.29, 0.717) is 22.5 Å². The highest BCUT2D eigenvalue weighted by Gasteiger charge is 2.09. The van der Waals surface area contributed by atoms with Crippen molar-refractivity contribution in [3.8, 4) is 5.75 Å². The Bertz CT molecular complexity index is 982. The standard InChI is InChI=1S/C19H17ClN2O3/c1-25-18-5-3-2-4-13(18)11-21-19(24)12-22-9-8-17(23)15-7-6-14(20)10-16(15)22/h2-10H,11-12H2,1H3,(H,21,24). The van der Waals surface area contributed by atoms with E-state index in [2.05, 4.69) is 5.32 Å². The van der Waals surface area contributed by atoms with Crippen molar-refractivity contribution in [3.63, 3.8) is 0 Å². The van der Waals surface area contributed by atoms with Gasteiger partial charge in [0.2, 0.25) is 5.91 Å². The van der Waals surface area contributed by atoms with Crippen molar-refractivity contribution in [3.05, 3.63) is 75.5 Å². The monoisotopic (exact) mass is 356 g/mol. The van der Waals surface area contributed by atoms with Gasteiger partial charge in [-0.2, -0.15) is 0 Å². The molecular formula is C19H17ClN2O3. The van der Waals surface area contributed by atoms with E-state index in [1.807, 2.05) is 24.3 Å². The van der Waals surface area contributed by atoms with Crippen molar-refractivity contribution in [1.29, 1.82) is 0 Å². The molecule has 0 aliphatic heterocycles. The number of amides is 1. The number of ether oxygens (including phenoxy) is 1. The first-order valence-corrected chi connectivity index (χ1v) is 8.13. The van der Waals surface area contributed by atoms with Crippen molar-refractivity contribution in [1.82, 2.24) is 9.88 Å². The molecule has 1 heterocycles. The maximum absolute atomic E-state index is 12.3. The minimum absolute atomic E-state index is 0.0896. The van der Waals surface area contributed by atoms with Gasteiger partial charge in [0, 0.05) is 34.8 Å². The van der Waals surface area contributed by atoms with Crippen LogP contribution in [0, 0.1) is 0 Å². The van der Waals surface area contributed by atoms with Crippen LogP contribution in [0.5, 0.6) is 5.75 Å². The van der Waals surface area contributed by atoms with Crippen LogP contribution in [-0.2, 0) is 17.9 Å². The molecule has 1 amide bonds. The smallest absolute Gasteiger partial charge is 0.240 e. The fourth-order valence-electron chi connectivity index (χ4n) is 2.67. The van der Waals surface area contributed by atoms with E-state index in [9.17, 15) is 9.59 Å². The summed E-state index contributed by atoms with van der Waals surface area (Å²) in [5.74, 6) is 0.555. The van der Waals surface area contributed by atoms with Crippen LogP contribution in [0.25, 0.3) is 10.9 Å². The third-order valence-electron chi connectivity index (χ3n) is 3.92. The number of hydrogen-bond donors (Lipinski definition) is 1. The molecule has 0 atom stereocenters.